The fraction of sp³-hybridized carbons (Fsp3) is 0.571. The van der Waals surface area contributed by atoms with E-state index in [0.717, 1.165) is 5.56 Å². The summed E-state index contributed by atoms with van der Waals surface area (Å²) in [4.78, 5) is 0.242. The molecule has 0 spiro atoms. The van der Waals surface area contributed by atoms with Crippen molar-refractivity contribution in [1.82, 2.24) is 13.3 Å². The smallest absolute Gasteiger partial charge is 0.207 e. The van der Waals surface area contributed by atoms with Gasteiger partial charge in [0.25, 0.3) is 10.2 Å². The van der Waals surface area contributed by atoms with E-state index in [2.05, 4.69) is 4.72 Å². The molecule has 0 atom stereocenters. The van der Waals surface area contributed by atoms with Crippen molar-refractivity contribution in [2.45, 2.75) is 24.7 Å². The summed E-state index contributed by atoms with van der Waals surface area (Å²) in [5, 5.41) is 0. The van der Waals surface area contributed by atoms with E-state index < -0.39 is 20.2 Å². The van der Waals surface area contributed by atoms with E-state index in [1.165, 1.54) is 15.7 Å². The Morgan fingerprint density at radius 1 is 0.913 bits per heavy atom. The van der Waals surface area contributed by atoms with Crippen LogP contribution in [0.3, 0.4) is 0 Å². The molecule has 0 saturated carbocycles. The standard InChI is InChI=1S/C14H23N3O4S2/c1-12(2)13-4-6-14(7-5-13)22(18,19)16-8-10-17(11-9-16)23(20,21)15-3/h4-7,12,15H,8-11H2,1-3H3. The number of sulfonamides is 1. The van der Waals surface area contributed by atoms with Gasteiger partial charge in [-0.3, -0.25) is 0 Å². The molecule has 0 aliphatic carbocycles. The van der Waals surface area contributed by atoms with Crippen LogP contribution in [0.1, 0.15) is 25.3 Å². The normalized spacial score (nSPS) is 18.4. The Balaban J connectivity index is 2.13. The molecule has 1 heterocycles. The average molecular weight is 361 g/mol. The van der Waals surface area contributed by atoms with Gasteiger partial charge in [0.2, 0.25) is 10.0 Å². The zero-order valence-corrected chi connectivity index (χ0v) is 15.2. The highest BCUT2D eigenvalue weighted by molar-refractivity contribution is 7.89. The Bertz CT molecular complexity index is 735. The minimum atomic E-state index is -3.59. The van der Waals surface area contributed by atoms with Crippen LogP contribution in [-0.4, -0.2) is 58.7 Å². The summed E-state index contributed by atoms with van der Waals surface area (Å²) < 4.78 is 53.6. The summed E-state index contributed by atoms with van der Waals surface area (Å²) in [6.07, 6.45) is 0. The maximum Gasteiger partial charge on any atom is 0.279 e. The van der Waals surface area contributed by atoms with Gasteiger partial charge in [0, 0.05) is 33.2 Å². The molecule has 1 aliphatic heterocycles. The SMILES string of the molecule is CNS(=O)(=O)N1CCN(S(=O)(=O)c2ccc(C(C)C)cc2)CC1. The maximum absolute atomic E-state index is 12.6. The van der Waals surface area contributed by atoms with Gasteiger partial charge in [-0.2, -0.15) is 17.0 Å². The molecule has 0 amide bonds. The highest BCUT2D eigenvalue weighted by Crippen LogP contribution is 2.21. The maximum atomic E-state index is 12.6. The summed E-state index contributed by atoms with van der Waals surface area (Å²) >= 11 is 0. The van der Waals surface area contributed by atoms with E-state index in [1.807, 2.05) is 26.0 Å². The molecule has 9 heteroatoms. The van der Waals surface area contributed by atoms with Crippen molar-refractivity contribution in [1.29, 1.82) is 0 Å². The predicted molar refractivity (Wildman–Crippen MR) is 88.8 cm³/mol. The largest absolute Gasteiger partial charge is 0.279 e. The van der Waals surface area contributed by atoms with Crippen LogP contribution in [0.25, 0.3) is 0 Å². The molecule has 1 saturated heterocycles. The second-order valence-corrected chi connectivity index (χ2v) is 9.55. The van der Waals surface area contributed by atoms with Crippen LogP contribution < -0.4 is 4.72 Å². The second kappa shape index (κ2) is 6.86. The van der Waals surface area contributed by atoms with Crippen molar-refractivity contribution in [3.8, 4) is 0 Å². The summed E-state index contributed by atoms with van der Waals surface area (Å²) in [6.45, 7) is 4.68. The summed E-state index contributed by atoms with van der Waals surface area (Å²) in [6, 6.07) is 6.86. The van der Waals surface area contributed by atoms with E-state index in [0.29, 0.717) is 5.92 Å². The van der Waals surface area contributed by atoms with Crippen molar-refractivity contribution in [3.05, 3.63) is 29.8 Å². The van der Waals surface area contributed by atoms with Gasteiger partial charge in [-0.1, -0.05) is 26.0 Å². The third kappa shape index (κ3) is 3.92. The molecule has 2 rings (SSSR count). The van der Waals surface area contributed by atoms with Crippen molar-refractivity contribution in [3.63, 3.8) is 0 Å². The lowest BCUT2D eigenvalue weighted by Crippen LogP contribution is -2.52. The number of rotatable bonds is 5. The Kier molecular flexibility index (Phi) is 5.47. The van der Waals surface area contributed by atoms with Crippen molar-refractivity contribution >= 4 is 20.2 Å². The molecule has 1 fully saturated rings. The van der Waals surface area contributed by atoms with Crippen molar-refractivity contribution in [2.75, 3.05) is 33.2 Å². The first-order chi connectivity index (χ1) is 10.7. The number of benzene rings is 1. The fourth-order valence-electron chi connectivity index (χ4n) is 2.45. The third-order valence-corrected chi connectivity index (χ3v) is 7.45. The van der Waals surface area contributed by atoms with E-state index >= 15 is 0 Å². The zero-order chi connectivity index (χ0) is 17.3. The highest BCUT2D eigenvalue weighted by Gasteiger charge is 2.32. The van der Waals surface area contributed by atoms with Crippen LogP contribution in [0.15, 0.2) is 29.2 Å². The van der Waals surface area contributed by atoms with Gasteiger partial charge in [0.15, 0.2) is 0 Å². The molecule has 0 bridgehead atoms. The molecule has 7 nitrogen and oxygen atoms in total. The Hall–Kier alpha value is -1.00. The lowest BCUT2D eigenvalue weighted by Gasteiger charge is -2.32. The highest BCUT2D eigenvalue weighted by atomic mass is 32.2. The molecular weight excluding hydrogens is 338 g/mol. The van der Waals surface area contributed by atoms with Gasteiger partial charge in [-0.15, -0.1) is 0 Å². The molecule has 1 N–H and O–H groups in total. The minimum absolute atomic E-state index is 0.145. The lowest BCUT2D eigenvalue weighted by molar-refractivity contribution is 0.271. The molecule has 23 heavy (non-hydrogen) atoms. The van der Waals surface area contributed by atoms with Gasteiger partial charge in [0.1, 0.15) is 0 Å². The Labute approximate surface area is 138 Å². The van der Waals surface area contributed by atoms with Crippen molar-refractivity contribution in [2.24, 2.45) is 0 Å². The minimum Gasteiger partial charge on any atom is -0.207 e. The molecule has 1 aromatic rings. The molecular formula is C14H23N3O4S2. The van der Waals surface area contributed by atoms with Crippen LogP contribution in [0, 0.1) is 0 Å². The van der Waals surface area contributed by atoms with Crippen LogP contribution in [0.2, 0.25) is 0 Å². The quantitative estimate of drug-likeness (QED) is 0.831. The first kappa shape index (κ1) is 18.3. The lowest BCUT2D eigenvalue weighted by atomic mass is 10.0. The Morgan fingerprint density at radius 3 is 1.83 bits per heavy atom. The summed E-state index contributed by atoms with van der Waals surface area (Å²) in [5.41, 5.74) is 1.08. The summed E-state index contributed by atoms with van der Waals surface area (Å²) in [5.74, 6) is 0.335. The van der Waals surface area contributed by atoms with Gasteiger partial charge >= 0.3 is 0 Å². The van der Waals surface area contributed by atoms with Gasteiger partial charge in [-0.25, -0.2) is 13.1 Å². The van der Waals surface area contributed by atoms with Crippen molar-refractivity contribution < 1.29 is 16.8 Å². The van der Waals surface area contributed by atoms with Crippen LogP contribution in [-0.2, 0) is 20.2 Å². The predicted octanol–water partition coefficient (Wildman–Crippen LogP) is 0.581. The van der Waals surface area contributed by atoms with Crippen LogP contribution >= 0.6 is 0 Å². The number of nitrogens with one attached hydrogen (secondary N) is 1. The molecule has 130 valence electrons. The van der Waals surface area contributed by atoms with E-state index in [9.17, 15) is 16.8 Å². The van der Waals surface area contributed by atoms with Gasteiger partial charge < -0.3 is 0 Å². The van der Waals surface area contributed by atoms with Crippen LogP contribution in [0.5, 0.6) is 0 Å². The second-order valence-electron chi connectivity index (χ2n) is 5.74. The van der Waals surface area contributed by atoms with Crippen LogP contribution in [0.4, 0.5) is 0 Å². The molecule has 0 radical (unpaired) electrons. The average Bonchev–Trinajstić information content (AvgIpc) is 2.55. The third-order valence-electron chi connectivity index (χ3n) is 3.98. The number of hydrogen-bond acceptors (Lipinski definition) is 4. The topological polar surface area (TPSA) is 86.8 Å². The Morgan fingerprint density at radius 2 is 1.39 bits per heavy atom. The summed E-state index contributed by atoms with van der Waals surface area (Å²) in [7, 11) is -5.75. The fourth-order valence-corrected chi connectivity index (χ4v) is 4.78. The van der Waals surface area contributed by atoms with E-state index in [-0.39, 0.29) is 31.1 Å². The first-order valence-electron chi connectivity index (χ1n) is 7.47. The molecule has 1 aromatic carbocycles. The monoisotopic (exact) mass is 361 g/mol. The number of hydrogen-bond donors (Lipinski definition) is 1. The molecule has 1 aliphatic rings. The number of nitrogens with zero attached hydrogens (tertiary/aromatic N) is 2. The molecule has 0 aromatic heterocycles. The van der Waals surface area contributed by atoms with E-state index in [4.69, 9.17) is 0 Å². The first-order valence-corrected chi connectivity index (χ1v) is 10.3. The van der Waals surface area contributed by atoms with Gasteiger partial charge in [0.05, 0.1) is 4.90 Å². The molecule has 0 unspecified atom stereocenters. The number of piperazine rings is 1. The zero-order valence-electron chi connectivity index (χ0n) is 13.6. The van der Waals surface area contributed by atoms with Gasteiger partial charge in [-0.05, 0) is 23.6 Å². The van der Waals surface area contributed by atoms with E-state index in [1.54, 1.807) is 12.1 Å².